The van der Waals surface area contributed by atoms with Gasteiger partial charge in [0.1, 0.15) is 0 Å². The molecular formula is C19H39NO. The lowest BCUT2D eigenvalue weighted by atomic mass is 10.0. The third-order valence-electron chi connectivity index (χ3n) is 4.21. The molecule has 0 aliphatic carbocycles. The Bertz CT molecular complexity index is 226. The Kier molecular flexibility index (Phi) is 15.5. The number of rotatable bonds is 15. The summed E-state index contributed by atoms with van der Waals surface area (Å²) in [4.78, 5) is 11.0. The summed E-state index contributed by atoms with van der Waals surface area (Å²) in [5.41, 5.74) is 0. The Hall–Kier alpha value is -0.530. The highest BCUT2D eigenvalue weighted by Crippen LogP contribution is 2.14. The third-order valence-corrected chi connectivity index (χ3v) is 4.21. The lowest BCUT2D eigenvalue weighted by Crippen LogP contribution is -2.16. The highest BCUT2D eigenvalue weighted by Gasteiger charge is 1.98. The number of hydrogen-bond donors (Lipinski definition) is 1. The number of carbonyl (C=O) groups excluding carboxylic acids is 1. The molecule has 2 nitrogen and oxygen atoms in total. The molecule has 0 heterocycles. The number of nitrogens with one attached hydrogen (secondary N) is 1. The minimum Gasteiger partial charge on any atom is -0.359 e. The molecule has 0 aliphatic rings. The van der Waals surface area contributed by atoms with Gasteiger partial charge in [-0.2, -0.15) is 0 Å². The molecule has 1 amide bonds. The molecule has 0 saturated carbocycles. The summed E-state index contributed by atoms with van der Waals surface area (Å²) in [5, 5.41) is 2.67. The number of amides is 1. The van der Waals surface area contributed by atoms with Gasteiger partial charge >= 0.3 is 0 Å². The summed E-state index contributed by atoms with van der Waals surface area (Å²) in [6.45, 7) is 4.64. The molecule has 0 unspecified atom stereocenters. The standard InChI is InChI=1S/C19H39NO/c1-18(2)16-14-12-10-8-6-4-5-7-9-11-13-15-17-19(21)20-3/h18H,4-17H2,1-3H3,(H,20,21). The van der Waals surface area contributed by atoms with Gasteiger partial charge in [-0.25, -0.2) is 0 Å². The van der Waals surface area contributed by atoms with Crippen molar-refractivity contribution in [3.63, 3.8) is 0 Å². The molecule has 0 rings (SSSR count). The van der Waals surface area contributed by atoms with Crippen molar-refractivity contribution in [2.45, 2.75) is 104 Å². The second-order valence-electron chi connectivity index (χ2n) is 6.85. The van der Waals surface area contributed by atoms with Gasteiger partial charge in [0.05, 0.1) is 0 Å². The Morgan fingerprint density at radius 2 is 1.10 bits per heavy atom. The quantitative estimate of drug-likeness (QED) is 0.377. The molecule has 0 aromatic heterocycles. The largest absolute Gasteiger partial charge is 0.359 e. The monoisotopic (exact) mass is 297 g/mol. The SMILES string of the molecule is CNC(=O)CCCCCCCCCCCCCCC(C)C. The highest BCUT2D eigenvalue weighted by atomic mass is 16.1. The van der Waals surface area contributed by atoms with E-state index >= 15 is 0 Å². The van der Waals surface area contributed by atoms with Crippen molar-refractivity contribution in [1.29, 1.82) is 0 Å². The average molecular weight is 298 g/mol. The molecule has 0 aliphatic heterocycles. The Morgan fingerprint density at radius 3 is 1.48 bits per heavy atom. The molecular weight excluding hydrogens is 258 g/mol. The molecule has 0 bridgehead atoms. The minimum absolute atomic E-state index is 0.184. The first kappa shape index (κ1) is 20.5. The summed E-state index contributed by atoms with van der Waals surface area (Å²) in [5.74, 6) is 1.06. The van der Waals surface area contributed by atoms with Crippen molar-refractivity contribution in [2.75, 3.05) is 7.05 Å². The number of unbranched alkanes of at least 4 members (excludes halogenated alkanes) is 11. The topological polar surface area (TPSA) is 29.1 Å². The van der Waals surface area contributed by atoms with Crippen molar-refractivity contribution in [3.8, 4) is 0 Å². The van der Waals surface area contributed by atoms with Crippen LogP contribution >= 0.6 is 0 Å². The highest BCUT2D eigenvalue weighted by molar-refractivity contribution is 5.75. The van der Waals surface area contributed by atoms with Gasteiger partial charge in [-0.15, -0.1) is 0 Å². The molecule has 0 aromatic carbocycles. The van der Waals surface area contributed by atoms with Crippen LogP contribution < -0.4 is 5.32 Å². The van der Waals surface area contributed by atoms with Crippen LogP contribution in [0.2, 0.25) is 0 Å². The van der Waals surface area contributed by atoms with Crippen molar-refractivity contribution in [1.82, 2.24) is 5.32 Å². The zero-order valence-corrected chi connectivity index (χ0v) is 14.9. The molecule has 1 N–H and O–H groups in total. The van der Waals surface area contributed by atoms with E-state index in [1.54, 1.807) is 7.05 Å². The Labute approximate surface area is 133 Å². The van der Waals surface area contributed by atoms with E-state index in [4.69, 9.17) is 0 Å². The average Bonchev–Trinajstić information content (AvgIpc) is 2.46. The van der Waals surface area contributed by atoms with Crippen molar-refractivity contribution >= 4 is 5.91 Å². The van der Waals surface area contributed by atoms with Crippen LogP contribution in [-0.4, -0.2) is 13.0 Å². The van der Waals surface area contributed by atoms with Crippen molar-refractivity contribution < 1.29 is 4.79 Å². The molecule has 0 radical (unpaired) electrons. The lowest BCUT2D eigenvalue weighted by Gasteiger charge is -2.05. The maximum Gasteiger partial charge on any atom is 0.219 e. The van der Waals surface area contributed by atoms with Gasteiger partial charge in [-0.1, -0.05) is 90.9 Å². The number of carbonyl (C=O) groups is 1. The van der Waals surface area contributed by atoms with Gasteiger partial charge in [-0.3, -0.25) is 4.79 Å². The second kappa shape index (κ2) is 15.9. The molecule has 0 spiro atoms. The lowest BCUT2D eigenvalue weighted by molar-refractivity contribution is -0.120. The van der Waals surface area contributed by atoms with Gasteiger partial charge in [0.2, 0.25) is 5.91 Å². The molecule has 21 heavy (non-hydrogen) atoms. The zero-order chi connectivity index (χ0) is 15.8. The van der Waals surface area contributed by atoms with Gasteiger partial charge in [0.15, 0.2) is 0 Å². The first-order valence-electron chi connectivity index (χ1n) is 9.37. The fourth-order valence-corrected chi connectivity index (χ4v) is 2.73. The van der Waals surface area contributed by atoms with Crippen LogP contribution in [0, 0.1) is 5.92 Å². The molecule has 0 aromatic rings. The van der Waals surface area contributed by atoms with E-state index in [9.17, 15) is 4.79 Å². The predicted octanol–water partition coefficient (Wildman–Crippen LogP) is 5.85. The van der Waals surface area contributed by atoms with E-state index in [0.717, 1.165) is 12.3 Å². The number of hydrogen-bond acceptors (Lipinski definition) is 1. The first-order chi connectivity index (χ1) is 10.2. The molecule has 0 fully saturated rings. The molecule has 2 heteroatoms. The van der Waals surface area contributed by atoms with Crippen LogP contribution in [0.1, 0.15) is 104 Å². The summed E-state index contributed by atoms with van der Waals surface area (Å²) < 4.78 is 0. The van der Waals surface area contributed by atoms with Gasteiger partial charge < -0.3 is 5.32 Å². The van der Waals surface area contributed by atoms with Crippen LogP contribution in [0.3, 0.4) is 0 Å². The van der Waals surface area contributed by atoms with E-state index in [1.165, 1.54) is 77.0 Å². The van der Waals surface area contributed by atoms with Crippen molar-refractivity contribution in [3.05, 3.63) is 0 Å². The second-order valence-corrected chi connectivity index (χ2v) is 6.85. The van der Waals surface area contributed by atoms with E-state index in [2.05, 4.69) is 19.2 Å². The van der Waals surface area contributed by atoms with Gasteiger partial charge in [0, 0.05) is 13.5 Å². The van der Waals surface area contributed by atoms with Gasteiger partial charge in [-0.05, 0) is 12.3 Å². The molecule has 0 atom stereocenters. The van der Waals surface area contributed by atoms with E-state index in [1.807, 2.05) is 0 Å². The maximum atomic E-state index is 11.0. The van der Waals surface area contributed by atoms with E-state index in [0.29, 0.717) is 6.42 Å². The smallest absolute Gasteiger partial charge is 0.219 e. The van der Waals surface area contributed by atoms with Crippen molar-refractivity contribution in [2.24, 2.45) is 5.92 Å². The van der Waals surface area contributed by atoms with E-state index < -0.39 is 0 Å². The minimum atomic E-state index is 0.184. The zero-order valence-electron chi connectivity index (χ0n) is 14.9. The van der Waals surface area contributed by atoms with Gasteiger partial charge in [0.25, 0.3) is 0 Å². The van der Waals surface area contributed by atoms with Crippen LogP contribution in [0.15, 0.2) is 0 Å². The Morgan fingerprint density at radius 1 is 0.714 bits per heavy atom. The van der Waals surface area contributed by atoms with Crippen LogP contribution in [0.4, 0.5) is 0 Å². The Balaban J connectivity index is 3.01. The van der Waals surface area contributed by atoms with Crippen LogP contribution in [0.5, 0.6) is 0 Å². The summed E-state index contributed by atoms with van der Waals surface area (Å²) >= 11 is 0. The first-order valence-corrected chi connectivity index (χ1v) is 9.37. The fraction of sp³-hybridized carbons (Fsp3) is 0.947. The van der Waals surface area contributed by atoms with E-state index in [-0.39, 0.29) is 5.91 Å². The maximum absolute atomic E-state index is 11.0. The van der Waals surface area contributed by atoms with Crippen LogP contribution in [0.25, 0.3) is 0 Å². The normalized spacial score (nSPS) is 11.0. The fourth-order valence-electron chi connectivity index (χ4n) is 2.73. The summed E-state index contributed by atoms with van der Waals surface area (Å²) in [6, 6.07) is 0. The third kappa shape index (κ3) is 17.4. The molecule has 0 saturated heterocycles. The van der Waals surface area contributed by atoms with Crippen LogP contribution in [-0.2, 0) is 4.79 Å². The predicted molar refractivity (Wildman–Crippen MR) is 93.5 cm³/mol. The summed E-state index contributed by atoms with van der Waals surface area (Å²) in [6.07, 6.45) is 18.4. The summed E-state index contributed by atoms with van der Waals surface area (Å²) in [7, 11) is 1.71. The molecule has 126 valence electrons.